The standard InChI is InChI=1S/C10H17N/c1-5-6-9(4)7-10(11)8(2)3/h5-8H,1,11H2,2-4H3/b9-6-,10-7-. The van der Waals surface area contributed by atoms with Crippen LogP contribution in [0.5, 0.6) is 0 Å². The van der Waals surface area contributed by atoms with E-state index in [1.54, 1.807) is 6.08 Å². The highest BCUT2D eigenvalue weighted by molar-refractivity contribution is 5.24. The van der Waals surface area contributed by atoms with Crippen molar-refractivity contribution >= 4 is 0 Å². The molecule has 11 heavy (non-hydrogen) atoms. The molecule has 0 aromatic heterocycles. The minimum Gasteiger partial charge on any atom is -0.402 e. The van der Waals surface area contributed by atoms with Gasteiger partial charge in [0.25, 0.3) is 0 Å². The first-order valence-corrected chi connectivity index (χ1v) is 3.84. The van der Waals surface area contributed by atoms with Crippen LogP contribution in [0.1, 0.15) is 20.8 Å². The van der Waals surface area contributed by atoms with Gasteiger partial charge in [0, 0.05) is 5.70 Å². The van der Waals surface area contributed by atoms with Crippen molar-refractivity contribution < 1.29 is 0 Å². The summed E-state index contributed by atoms with van der Waals surface area (Å²) in [6.45, 7) is 9.77. The molecule has 0 heterocycles. The van der Waals surface area contributed by atoms with E-state index in [2.05, 4.69) is 20.4 Å². The summed E-state index contributed by atoms with van der Waals surface area (Å²) in [5.74, 6) is 0.420. The van der Waals surface area contributed by atoms with Crippen molar-refractivity contribution in [1.29, 1.82) is 0 Å². The molecule has 2 N–H and O–H groups in total. The molecule has 0 aliphatic heterocycles. The number of nitrogens with two attached hydrogens (primary N) is 1. The van der Waals surface area contributed by atoms with E-state index in [9.17, 15) is 0 Å². The maximum atomic E-state index is 5.73. The zero-order valence-electron chi connectivity index (χ0n) is 7.59. The fourth-order valence-corrected chi connectivity index (χ4v) is 0.664. The third kappa shape index (κ3) is 4.43. The van der Waals surface area contributed by atoms with E-state index in [4.69, 9.17) is 5.73 Å². The zero-order chi connectivity index (χ0) is 8.85. The first kappa shape index (κ1) is 10.0. The first-order valence-electron chi connectivity index (χ1n) is 3.84. The van der Waals surface area contributed by atoms with Gasteiger partial charge in [0.05, 0.1) is 0 Å². The minimum atomic E-state index is 0.420. The van der Waals surface area contributed by atoms with Crippen molar-refractivity contribution in [3.8, 4) is 0 Å². The van der Waals surface area contributed by atoms with E-state index in [-0.39, 0.29) is 0 Å². The molecule has 0 saturated heterocycles. The van der Waals surface area contributed by atoms with Crippen molar-refractivity contribution in [1.82, 2.24) is 0 Å². The molecule has 0 aliphatic rings. The van der Waals surface area contributed by atoms with Crippen LogP contribution < -0.4 is 5.73 Å². The van der Waals surface area contributed by atoms with Gasteiger partial charge >= 0.3 is 0 Å². The Morgan fingerprint density at radius 3 is 2.36 bits per heavy atom. The lowest BCUT2D eigenvalue weighted by molar-refractivity contribution is 0.756. The van der Waals surface area contributed by atoms with Crippen LogP contribution in [-0.2, 0) is 0 Å². The van der Waals surface area contributed by atoms with Crippen LogP contribution in [0.15, 0.2) is 36.1 Å². The predicted molar refractivity (Wildman–Crippen MR) is 51.1 cm³/mol. The largest absolute Gasteiger partial charge is 0.402 e. The Morgan fingerprint density at radius 1 is 1.45 bits per heavy atom. The molecule has 62 valence electrons. The van der Waals surface area contributed by atoms with Gasteiger partial charge in [-0.05, 0) is 24.5 Å². The lowest BCUT2D eigenvalue weighted by Gasteiger charge is -2.03. The second-order valence-corrected chi connectivity index (χ2v) is 2.95. The van der Waals surface area contributed by atoms with Gasteiger partial charge in [-0.25, -0.2) is 0 Å². The molecule has 0 aromatic rings. The lowest BCUT2D eigenvalue weighted by Crippen LogP contribution is -2.04. The summed E-state index contributed by atoms with van der Waals surface area (Å²) in [7, 11) is 0. The molecular formula is C10H17N. The van der Waals surface area contributed by atoms with E-state index >= 15 is 0 Å². The van der Waals surface area contributed by atoms with E-state index in [1.807, 2.05) is 19.1 Å². The molecule has 0 spiro atoms. The van der Waals surface area contributed by atoms with Crippen LogP contribution in [-0.4, -0.2) is 0 Å². The molecule has 0 radical (unpaired) electrons. The maximum absolute atomic E-state index is 5.73. The highest BCUT2D eigenvalue weighted by atomic mass is 14.6. The van der Waals surface area contributed by atoms with Crippen molar-refractivity contribution in [2.45, 2.75) is 20.8 Å². The fourth-order valence-electron chi connectivity index (χ4n) is 0.664. The Labute approximate surface area is 69.3 Å². The Morgan fingerprint density at radius 2 is 2.00 bits per heavy atom. The molecule has 0 amide bonds. The monoisotopic (exact) mass is 151 g/mol. The molecule has 0 aliphatic carbocycles. The highest BCUT2D eigenvalue weighted by Gasteiger charge is 1.95. The van der Waals surface area contributed by atoms with Gasteiger partial charge in [-0.2, -0.15) is 0 Å². The Hall–Kier alpha value is -0.980. The average molecular weight is 151 g/mol. The Balaban J connectivity index is 4.30. The van der Waals surface area contributed by atoms with E-state index in [0.717, 1.165) is 11.3 Å². The zero-order valence-corrected chi connectivity index (χ0v) is 7.59. The average Bonchev–Trinajstić information content (AvgIpc) is 1.87. The van der Waals surface area contributed by atoms with Crippen LogP contribution in [0.3, 0.4) is 0 Å². The second kappa shape index (κ2) is 4.78. The van der Waals surface area contributed by atoms with Gasteiger partial charge < -0.3 is 5.73 Å². The van der Waals surface area contributed by atoms with E-state index < -0.39 is 0 Å². The van der Waals surface area contributed by atoms with Crippen molar-refractivity contribution in [2.24, 2.45) is 11.7 Å². The molecule has 1 heteroatoms. The van der Waals surface area contributed by atoms with E-state index in [1.165, 1.54) is 0 Å². The van der Waals surface area contributed by atoms with Crippen LogP contribution in [0.25, 0.3) is 0 Å². The van der Waals surface area contributed by atoms with E-state index in [0.29, 0.717) is 5.92 Å². The smallest absolute Gasteiger partial charge is 0.0109 e. The van der Waals surface area contributed by atoms with Crippen LogP contribution in [0.4, 0.5) is 0 Å². The minimum absolute atomic E-state index is 0.420. The van der Waals surface area contributed by atoms with Gasteiger partial charge in [0.2, 0.25) is 0 Å². The summed E-state index contributed by atoms with van der Waals surface area (Å²) in [6, 6.07) is 0. The number of hydrogen-bond acceptors (Lipinski definition) is 1. The number of hydrogen-bond donors (Lipinski definition) is 1. The van der Waals surface area contributed by atoms with Crippen molar-refractivity contribution in [3.05, 3.63) is 36.1 Å². The number of allylic oxidation sites excluding steroid dienone is 5. The number of rotatable bonds is 3. The molecule has 0 aromatic carbocycles. The van der Waals surface area contributed by atoms with Crippen molar-refractivity contribution in [3.63, 3.8) is 0 Å². The van der Waals surface area contributed by atoms with Crippen LogP contribution >= 0.6 is 0 Å². The molecule has 0 saturated carbocycles. The van der Waals surface area contributed by atoms with Gasteiger partial charge in [-0.15, -0.1) is 0 Å². The van der Waals surface area contributed by atoms with Gasteiger partial charge in [-0.3, -0.25) is 0 Å². The molecule has 0 fully saturated rings. The molecule has 0 rings (SSSR count). The molecule has 1 nitrogen and oxygen atoms in total. The summed E-state index contributed by atoms with van der Waals surface area (Å²) >= 11 is 0. The Bertz CT molecular complexity index is 185. The van der Waals surface area contributed by atoms with Gasteiger partial charge in [-0.1, -0.05) is 32.6 Å². The summed E-state index contributed by atoms with van der Waals surface area (Å²) < 4.78 is 0. The third-order valence-electron chi connectivity index (χ3n) is 1.44. The second-order valence-electron chi connectivity index (χ2n) is 2.95. The Kier molecular flexibility index (Phi) is 4.35. The quantitative estimate of drug-likeness (QED) is 0.616. The molecule has 0 bridgehead atoms. The fraction of sp³-hybridized carbons (Fsp3) is 0.400. The summed E-state index contributed by atoms with van der Waals surface area (Å²) in [4.78, 5) is 0. The summed E-state index contributed by atoms with van der Waals surface area (Å²) in [6.07, 6.45) is 5.68. The molecular weight excluding hydrogens is 134 g/mol. The lowest BCUT2D eigenvalue weighted by atomic mass is 10.1. The van der Waals surface area contributed by atoms with Crippen LogP contribution in [0, 0.1) is 5.92 Å². The van der Waals surface area contributed by atoms with Crippen LogP contribution in [0.2, 0.25) is 0 Å². The van der Waals surface area contributed by atoms with Crippen molar-refractivity contribution in [2.75, 3.05) is 0 Å². The molecule has 0 atom stereocenters. The summed E-state index contributed by atoms with van der Waals surface area (Å²) in [5, 5.41) is 0. The normalized spacial score (nSPS) is 13.8. The maximum Gasteiger partial charge on any atom is 0.0109 e. The first-order chi connectivity index (χ1) is 5.07. The third-order valence-corrected chi connectivity index (χ3v) is 1.44. The molecule has 0 unspecified atom stereocenters. The highest BCUT2D eigenvalue weighted by Crippen LogP contribution is 2.06. The SMILES string of the molecule is C=C/C=C(C)\C=C(/N)C(C)C. The van der Waals surface area contributed by atoms with Gasteiger partial charge in [0.1, 0.15) is 0 Å². The van der Waals surface area contributed by atoms with Gasteiger partial charge in [0.15, 0.2) is 0 Å². The summed E-state index contributed by atoms with van der Waals surface area (Å²) in [5.41, 5.74) is 7.80. The topological polar surface area (TPSA) is 26.0 Å². The predicted octanol–water partition coefficient (Wildman–Crippen LogP) is 2.62.